The summed E-state index contributed by atoms with van der Waals surface area (Å²) in [7, 11) is 0. The lowest BCUT2D eigenvalue weighted by atomic mass is 10.3. The van der Waals surface area contributed by atoms with Gasteiger partial charge in [-0.05, 0) is 6.07 Å². The Bertz CT molecular complexity index is 212. The van der Waals surface area contributed by atoms with Gasteiger partial charge in [0.25, 0.3) is 0 Å². The highest BCUT2D eigenvalue weighted by Crippen LogP contribution is 2.28. The molecule has 0 saturated heterocycles. The normalized spacial score (nSPS) is 9.90. The molecule has 1 aromatic rings. The van der Waals surface area contributed by atoms with Gasteiger partial charge < -0.3 is 5.11 Å². The highest BCUT2D eigenvalue weighted by atomic mass is 35.5. The van der Waals surface area contributed by atoms with Crippen molar-refractivity contribution >= 4 is 23.2 Å². The fourth-order valence-electron chi connectivity index (χ4n) is 0.512. The smallest absolute Gasteiger partial charge is 0.143 e. The SMILES string of the molecule is Oc1cc(Cl)c(F)cc1Cl. The number of phenolic OH excluding ortho intramolecular Hbond substituents is 1. The quantitative estimate of drug-likeness (QED) is 0.610. The second-order valence-electron chi connectivity index (χ2n) is 1.72. The van der Waals surface area contributed by atoms with E-state index < -0.39 is 5.82 Å². The maximum Gasteiger partial charge on any atom is 0.143 e. The third-order valence-corrected chi connectivity index (χ3v) is 1.58. The Morgan fingerprint density at radius 3 is 2.30 bits per heavy atom. The third kappa shape index (κ3) is 1.33. The van der Waals surface area contributed by atoms with Crippen LogP contribution in [0.1, 0.15) is 0 Å². The Morgan fingerprint density at radius 2 is 1.80 bits per heavy atom. The average Bonchev–Trinajstić information content (AvgIpc) is 1.84. The summed E-state index contributed by atoms with van der Waals surface area (Å²) < 4.78 is 12.4. The Hall–Kier alpha value is -0.470. The van der Waals surface area contributed by atoms with Gasteiger partial charge in [-0.3, -0.25) is 0 Å². The topological polar surface area (TPSA) is 20.2 Å². The molecule has 0 bridgehead atoms. The summed E-state index contributed by atoms with van der Waals surface area (Å²) in [6.07, 6.45) is 0. The molecule has 0 heterocycles. The Morgan fingerprint density at radius 1 is 1.20 bits per heavy atom. The van der Waals surface area contributed by atoms with E-state index in [1.807, 2.05) is 0 Å². The Kier molecular flexibility index (Phi) is 2.02. The van der Waals surface area contributed by atoms with Crippen LogP contribution >= 0.6 is 23.2 Å². The lowest BCUT2D eigenvalue weighted by Crippen LogP contribution is -1.76. The summed E-state index contributed by atoms with van der Waals surface area (Å²) in [5, 5.41) is 8.66. The predicted molar refractivity (Wildman–Crippen MR) is 38.1 cm³/mol. The van der Waals surface area contributed by atoms with E-state index in [1.165, 1.54) is 0 Å². The summed E-state index contributed by atoms with van der Waals surface area (Å²) in [5.74, 6) is -0.850. The number of benzene rings is 1. The molecule has 0 unspecified atom stereocenters. The van der Waals surface area contributed by atoms with Gasteiger partial charge in [-0.15, -0.1) is 0 Å². The Balaban J connectivity index is 3.28. The molecular weight excluding hydrogens is 178 g/mol. The van der Waals surface area contributed by atoms with Crippen LogP contribution in [0.15, 0.2) is 12.1 Å². The Labute approximate surface area is 67.0 Å². The van der Waals surface area contributed by atoms with Crippen LogP contribution < -0.4 is 0 Å². The lowest BCUT2D eigenvalue weighted by Gasteiger charge is -1.96. The molecule has 1 rings (SSSR count). The second kappa shape index (κ2) is 2.64. The largest absolute Gasteiger partial charge is 0.506 e. The van der Waals surface area contributed by atoms with Crippen molar-refractivity contribution in [3.63, 3.8) is 0 Å². The van der Waals surface area contributed by atoms with Crippen molar-refractivity contribution in [1.82, 2.24) is 0 Å². The minimum atomic E-state index is -0.635. The van der Waals surface area contributed by atoms with E-state index in [9.17, 15) is 4.39 Å². The van der Waals surface area contributed by atoms with Gasteiger partial charge in [0.2, 0.25) is 0 Å². The van der Waals surface area contributed by atoms with Crippen molar-refractivity contribution in [1.29, 1.82) is 0 Å². The zero-order valence-corrected chi connectivity index (χ0v) is 6.25. The zero-order chi connectivity index (χ0) is 7.72. The van der Waals surface area contributed by atoms with E-state index in [0.717, 1.165) is 12.1 Å². The lowest BCUT2D eigenvalue weighted by molar-refractivity contribution is 0.473. The molecule has 0 aliphatic carbocycles. The number of aromatic hydroxyl groups is 1. The standard InChI is InChI=1S/C6H3Cl2FO/c7-3-2-6(10)4(8)1-5(3)9/h1-2,10H. The number of rotatable bonds is 0. The third-order valence-electron chi connectivity index (χ3n) is 0.990. The predicted octanol–water partition coefficient (Wildman–Crippen LogP) is 2.84. The van der Waals surface area contributed by atoms with E-state index >= 15 is 0 Å². The van der Waals surface area contributed by atoms with E-state index in [0.29, 0.717) is 0 Å². The summed E-state index contributed by atoms with van der Waals surface area (Å²) in [4.78, 5) is 0. The van der Waals surface area contributed by atoms with E-state index in [1.54, 1.807) is 0 Å². The van der Waals surface area contributed by atoms with Gasteiger partial charge in [0.1, 0.15) is 11.6 Å². The molecule has 0 spiro atoms. The van der Waals surface area contributed by atoms with Gasteiger partial charge in [-0.1, -0.05) is 23.2 Å². The van der Waals surface area contributed by atoms with Gasteiger partial charge in [-0.25, -0.2) is 4.39 Å². The van der Waals surface area contributed by atoms with Crippen LogP contribution in [0.5, 0.6) is 5.75 Å². The van der Waals surface area contributed by atoms with Gasteiger partial charge in [0.05, 0.1) is 10.0 Å². The molecule has 0 aromatic heterocycles. The molecule has 4 heteroatoms. The molecule has 0 fully saturated rings. The maximum absolute atomic E-state index is 12.4. The highest BCUT2D eigenvalue weighted by molar-refractivity contribution is 6.34. The van der Waals surface area contributed by atoms with Crippen molar-refractivity contribution in [2.24, 2.45) is 0 Å². The van der Waals surface area contributed by atoms with Crippen LogP contribution in [0.25, 0.3) is 0 Å². The highest BCUT2D eigenvalue weighted by Gasteiger charge is 2.04. The van der Waals surface area contributed by atoms with Crippen LogP contribution in [0.3, 0.4) is 0 Å². The molecular formula is C6H3Cl2FO. The van der Waals surface area contributed by atoms with Crippen molar-refractivity contribution in [3.8, 4) is 5.75 Å². The molecule has 0 radical (unpaired) electrons. The van der Waals surface area contributed by atoms with Crippen molar-refractivity contribution in [2.75, 3.05) is 0 Å². The number of phenols is 1. The minimum Gasteiger partial charge on any atom is -0.506 e. The van der Waals surface area contributed by atoms with Crippen molar-refractivity contribution in [2.45, 2.75) is 0 Å². The molecule has 0 aliphatic rings. The van der Waals surface area contributed by atoms with E-state index in [-0.39, 0.29) is 15.8 Å². The van der Waals surface area contributed by atoms with Crippen LogP contribution in [0, 0.1) is 5.82 Å². The van der Waals surface area contributed by atoms with Gasteiger partial charge >= 0.3 is 0 Å². The molecule has 0 amide bonds. The molecule has 0 atom stereocenters. The van der Waals surface area contributed by atoms with Gasteiger partial charge in [-0.2, -0.15) is 0 Å². The fraction of sp³-hybridized carbons (Fsp3) is 0. The maximum atomic E-state index is 12.4. The fourth-order valence-corrected chi connectivity index (χ4v) is 0.820. The molecule has 0 aliphatic heterocycles. The van der Waals surface area contributed by atoms with Crippen LogP contribution in [0.4, 0.5) is 4.39 Å². The summed E-state index contributed by atoms with van der Waals surface area (Å²) in [6.45, 7) is 0. The number of hydrogen-bond acceptors (Lipinski definition) is 1. The monoisotopic (exact) mass is 180 g/mol. The van der Waals surface area contributed by atoms with Crippen LogP contribution in [0.2, 0.25) is 10.0 Å². The molecule has 1 nitrogen and oxygen atoms in total. The number of hydrogen-bond donors (Lipinski definition) is 1. The molecule has 1 N–H and O–H groups in total. The first-order chi connectivity index (χ1) is 4.61. The van der Waals surface area contributed by atoms with Gasteiger partial charge in [0, 0.05) is 6.07 Å². The minimum absolute atomic E-state index is 0.0399. The van der Waals surface area contributed by atoms with Crippen LogP contribution in [-0.4, -0.2) is 5.11 Å². The average molecular weight is 181 g/mol. The summed E-state index contributed by atoms with van der Waals surface area (Å²) in [5.41, 5.74) is 0. The number of halogens is 3. The van der Waals surface area contributed by atoms with Gasteiger partial charge in [0.15, 0.2) is 0 Å². The first-order valence-electron chi connectivity index (χ1n) is 2.45. The molecule has 54 valence electrons. The molecule has 10 heavy (non-hydrogen) atoms. The first kappa shape index (κ1) is 7.63. The zero-order valence-electron chi connectivity index (χ0n) is 4.74. The van der Waals surface area contributed by atoms with Crippen molar-refractivity contribution in [3.05, 3.63) is 28.0 Å². The summed E-state index contributed by atoms with van der Waals surface area (Å²) >= 11 is 10.6. The van der Waals surface area contributed by atoms with E-state index in [4.69, 9.17) is 28.3 Å². The van der Waals surface area contributed by atoms with Crippen LogP contribution in [-0.2, 0) is 0 Å². The van der Waals surface area contributed by atoms with E-state index in [2.05, 4.69) is 0 Å². The molecule has 1 aromatic carbocycles. The van der Waals surface area contributed by atoms with Crippen molar-refractivity contribution < 1.29 is 9.50 Å². The second-order valence-corrected chi connectivity index (χ2v) is 2.53. The first-order valence-corrected chi connectivity index (χ1v) is 3.20. The summed E-state index contributed by atoms with van der Waals surface area (Å²) in [6, 6.07) is 2.01. The molecule has 0 saturated carbocycles.